The molecule has 2 aliphatic heterocycles. The van der Waals surface area contributed by atoms with Crippen molar-refractivity contribution in [3.05, 3.63) is 29.1 Å². The zero-order valence-electron chi connectivity index (χ0n) is 9.76. The van der Waals surface area contributed by atoms with E-state index in [4.69, 9.17) is 0 Å². The van der Waals surface area contributed by atoms with Gasteiger partial charge in [-0.25, -0.2) is 4.39 Å². The Labute approximate surface area is 95.4 Å². The van der Waals surface area contributed by atoms with Crippen LogP contribution in [0.2, 0.25) is 0 Å². The first kappa shape index (κ1) is 10.1. The van der Waals surface area contributed by atoms with Gasteiger partial charge in [-0.15, -0.1) is 0 Å². The molecule has 1 aromatic carbocycles. The van der Waals surface area contributed by atoms with Crippen molar-refractivity contribution in [2.75, 3.05) is 18.0 Å². The van der Waals surface area contributed by atoms with Crippen LogP contribution < -0.4 is 10.2 Å². The van der Waals surface area contributed by atoms with Crippen molar-refractivity contribution >= 4 is 5.69 Å². The number of benzene rings is 1. The number of piperazine rings is 1. The molecule has 16 heavy (non-hydrogen) atoms. The van der Waals surface area contributed by atoms with Gasteiger partial charge in [-0.1, -0.05) is 0 Å². The summed E-state index contributed by atoms with van der Waals surface area (Å²) in [5, 5.41) is 3.43. The summed E-state index contributed by atoms with van der Waals surface area (Å²) in [7, 11) is 0. The Morgan fingerprint density at radius 1 is 1.38 bits per heavy atom. The highest BCUT2D eigenvalue weighted by Crippen LogP contribution is 2.36. The Balaban J connectivity index is 2.06. The van der Waals surface area contributed by atoms with Gasteiger partial charge in [-0.2, -0.15) is 0 Å². The molecule has 0 aromatic heterocycles. The third kappa shape index (κ3) is 1.34. The Hall–Kier alpha value is -1.09. The fraction of sp³-hybridized carbons (Fsp3) is 0.538. The van der Waals surface area contributed by atoms with Gasteiger partial charge in [0.1, 0.15) is 5.82 Å². The fourth-order valence-electron chi connectivity index (χ4n) is 2.99. The van der Waals surface area contributed by atoms with Crippen LogP contribution in [-0.4, -0.2) is 25.2 Å². The number of hydrogen-bond acceptors (Lipinski definition) is 2. The minimum absolute atomic E-state index is 0.0702. The number of aryl methyl sites for hydroxylation is 1. The molecule has 0 spiro atoms. The van der Waals surface area contributed by atoms with Crippen LogP contribution in [0.4, 0.5) is 10.1 Å². The number of hydrogen-bond donors (Lipinski definition) is 1. The summed E-state index contributed by atoms with van der Waals surface area (Å²) in [6, 6.07) is 4.74. The second-order valence-electron chi connectivity index (χ2n) is 5.00. The summed E-state index contributed by atoms with van der Waals surface area (Å²) < 4.78 is 13.5. The smallest absolute Gasteiger partial charge is 0.126 e. The molecule has 1 N–H and O–H groups in total. The van der Waals surface area contributed by atoms with E-state index in [0.717, 1.165) is 25.1 Å². The molecule has 3 rings (SSSR count). The van der Waals surface area contributed by atoms with Gasteiger partial charge >= 0.3 is 0 Å². The summed E-state index contributed by atoms with van der Waals surface area (Å²) in [4.78, 5) is 2.46. The first-order chi connectivity index (χ1) is 7.66. The van der Waals surface area contributed by atoms with E-state index in [0.29, 0.717) is 12.1 Å². The first-order valence-corrected chi connectivity index (χ1v) is 5.95. The zero-order chi connectivity index (χ0) is 11.3. The predicted octanol–water partition coefficient (Wildman–Crippen LogP) is 1.86. The van der Waals surface area contributed by atoms with E-state index in [1.54, 1.807) is 6.07 Å². The highest BCUT2D eigenvalue weighted by Gasteiger charge is 2.35. The maximum absolute atomic E-state index is 13.5. The standard InChI is InChI=1S/C13H17FN2/c1-8-3-13-10(5-12(8)14)4-11-7-15-6-9(2)16(11)13/h3,5,9,11,15H,4,6-7H2,1-2H3/t9-,11+/m1/s1. The van der Waals surface area contributed by atoms with Crippen molar-refractivity contribution in [1.82, 2.24) is 5.32 Å². The molecule has 86 valence electrons. The molecule has 1 saturated heterocycles. The number of rotatable bonds is 0. The number of nitrogens with one attached hydrogen (secondary N) is 1. The van der Waals surface area contributed by atoms with E-state index >= 15 is 0 Å². The zero-order valence-corrected chi connectivity index (χ0v) is 9.76. The Morgan fingerprint density at radius 2 is 2.19 bits per heavy atom. The molecule has 2 atom stereocenters. The van der Waals surface area contributed by atoms with Gasteiger partial charge in [0.2, 0.25) is 0 Å². The van der Waals surface area contributed by atoms with Crippen LogP contribution >= 0.6 is 0 Å². The molecule has 0 radical (unpaired) electrons. The number of nitrogens with zero attached hydrogens (tertiary/aromatic N) is 1. The van der Waals surface area contributed by atoms with E-state index in [1.165, 1.54) is 11.3 Å². The van der Waals surface area contributed by atoms with Gasteiger partial charge in [0.05, 0.1) is 0 Å². The lowest BCUT2D eigenvalue weighted by atomic mass is 10.1. The quantitative estimate of drug-likeness (QED) is 0.718. The van der Waals surface area contributed by atoms with E-state index in [-0.39, 0.29) is 5.82 Å². The molecule has 0 bridgehead atoms. The summed E-state index contributed by atoms with van der Waals surface area (Å²) in [6.07, 6.45) is 0.976. The van der Waals surface area contributed by atoms with E-state index in [1.807, 2.05) is 13.0 Å². The maximum Gasteiger partial charge on any atom is 0.126 e. The molecule has 1 fully saturated rings. The maximum atomic E-state index is 13.5. The van der Waals surface area contributed by atoms with Crippen LogP contribution in [0.15, 0.2) is 12.1 Å². The van der Waals surface area contributed by atoms with E-state index in [2.05, 4.69) is 17.1 Å². The second-order valence-corrected chi connectivity index (χ2v) is 5.00. The van der Waals surface area contributed by atoms with E-state index < -0.39 is 0 Å². The largest absolute Gasteiger partial charge is 0.363 e. The summed E-state index contributed by atoms with van der Waals surface area (Å²) >= 11 is 0. The highest BCUT2D eigenvalue weighted by molar-refractivity contribution is 5.62. The topological polar surface area (TPSA) is 15.3 Å². The summed E-state index contributed by atoms with van der Waals surface area (Å²) in [5.74, 6) is -0.0702. The third-order valence-electron chi connectivity index (χ3n) is 3.78. The van der Waals surface area contributed by atoms with Crippen LogP contribution in [0.25, 0.3) is 0 Å². The van der Waals surface area contributed by atoms with Crippen LogP contribution in [-0.2, 0) is 6.42 Å². The normalized spacial score (nSPS) is 27.8. The Bertz CT molecular complexity index is 430. The number of halogens is 1. The lowest BCUT2D eigenvalue weighted by Gasteiger charge is -2.38. The van der Waals surface area contributed by atoms with Gasteiger partial charge in [0.15, 0.2) is 0 Å². The van der Waals surface area contributed by atoms with Crippen LogP contribution in [0.1, 0.15) is 18.1 Å². The van der Waals surface area contributed by atoms with Gasteiger partial charge < -0.3 is 10.2 Å². The molecule has 0 saturated carbocycles. The van der Waals surface area contributed by atoms with Crippen LogP contribution in [0.5, 0.6) is 0 Å². The van der Waals surface area contributed by atoms with E-state index in [9.17, 15) is 4.39 Å². The number of anilines is 1. The molecular formula is C13H17FN2. The van der Waals surface area contributed by atoms with Crippen molar-refractivity contribution in [1.29, 1.82) is 0 Å². The molecule has 1 aromatic rings. The molecule has 0 aliphatic carbocycles. The summed E-state index contributed by atoms with van der Waals surface area (Å²) in [6.45, 7) is 6.11. The van der Waals surface area contributed by atoms with Crippen molar-refractivity contribution in [3.8, 4) is 0 Å². The van der Waals surface area contributed by atoms with Crippen LogP contribution in [0, 0.1) is 12.7 Å². The highest BCUT2D eigenvalue weighted by atomic mass is 19.1. The minimum atomic E-state index is -0.0702. The van der Waals surface area contributed by atoms with Crippen molar-refractivity contribution in [3.63, 3.8) is 0 Å². The molecule has 0 unspecified atom stereocenters. The molecule has 3 heteroatoms. The number of fused-ring (bicyclic) bond motifs is 3. The Morgan fingerprint density at radius 3 is 3.00 bits per heavy atom. The fourth-order valence-corrected chi connectivity index (χ4v) is 2.99. The minimum Gasteiger partial charge on any atom is -0.363 e. The lowest BCUT2D eigenvalue weighted by molar-refractivity contribution is 0.430. The van der Waals surface area contributed by atoms with Gasteiger partial charge in [0.25, 0.3) is 0 Å². The molecule has 0 amide bonds. The van der Waals surface area contributed by atoms with Crippen molar-refractivity contribution in [2.24, 2.45) is 0 Å². The average molecular weight is 220 g/mol. The predicted molar refractivity (Wildman–Crippen MR) is 63.4 cm³/mol. The van der Waals surface area contributed by atoms with Crippen molar-refractivity contribution in [2.45, 2.75) is 32.4 Å². The lowest BCUT2D eigenvalue weighted by Crippen LogP contribution is -2.54. The molecule has 2 nitrogen and oxygen atoms in total. The monoisotopic (exact) mass is 220 g/mol. The molecule has 2 heterocycles. The average Bonchev–Trinajstić information content (AvgIpc) is 2.58. The van der Waals surface area contributed by atoms with Crippen molar-refractivity contribution < 1.29 is 4.39 Å². The second kappa shape index (κ2) is 3.45. The Kier molecular flexibility index (Phi) is 2.18. The molecular weight excluding hydrogens is 203 g/mol. The SMILES string of the molecule is Cc1cc2c(cc1F)C[C@H]1CNC[C@@H](C)N21. The van der Waals surface area contributed by atoms with Crippen LogP contribution in [0.3, 0.4) is 0 Å². The van der Waals surface area contributed by atoms with Gasteiger partial charge in [-0.05, 0) is 43.5 Å². The van der Waals surface area contributed by atoms with Gasteiger partial charge in [-0.3, -0.25) is 0 Å². The molecule has 2 aliphatic rings. The first-order valence-electron chi connectivity index (χ1n) is 5.95. The summed E-state index contributed by atoms with van der Waals surface area (Å²) in [5.41, 5.74) is 3.17. The van der Waals surface area contributed by atoms with Gasteiger partial charge in [0, 0.05) is 30.9 Å². The third-order valence-corrected chi connectivity index (χ3v) is 3.78.